The van der Waals surface area contributed by atoms with Crippen LogP contribution >= 0.6 is 0 Å². The number of hydrogen-bond donors (Lipinski definition) is 1. The van der Waals surface area contributed by atoms with Crippen molar-refractivity contribution in [1.29, 1.82) is 0 Å². The molecule has 0 unspecified atom stereocenters. The Hall–Kier alpha value is -3.40. The molecule has 0 radical (unpaired) electrons. The summed E-state index contributed by atoms with van der Waals surface area (Å²) in [6.45, 7) is 3.70. The van der Waals surface area contributed by atoms with E-state index in [1.165, 1.54) is 0 Å². The second kappa shape index (κ2) is 8.67. The molecule has 2 atom stereocenters. The molecule has 182 valence electrons. The number of halogens is 1. The summed E-state index contributed by atoms with van der Waals surface area (Å²) in [4.78, 5) is 27.3. The van der Waals surface area contributed by atoms with Gasteiger partial charge >= 0.3 is 0 Å². The van der Waals surface area contributed by atoms with Crippen molar-refractivity contribution in [2.75, 3.05) is 30.1 Å². The Bertz CT molecular complexity index is 1290. The second-order valence-corrected chi connectivity index (χ2v) is 9.60. The van der Waals surface area contributed by atoms with Gasteiger partial charge in [0.25, 0.3) is 5.91 Å². The van der Waals surface area contributed by atoms with Crippen molar-refractivity contribution in [3.63, 3.8) is 0 Å². The van der Waals surface area contributed by atoms with E-state index in [2.05, 4.69) is 27.3 Å². The number of rotatable bonds is 6. The predicted octanol–water partition coefficient (Wildman–Crippen LogP) is 3.06. The van der Waals surface area contributed by atoms with E-state index in [1.807, 2.05) is 35.9 Å². The van der Waals surface area contributed by atoms with Gasteiger partial charge in [-0.25, -0.2) is 14.4 Å². The van der Waals surface area contributed by atoms with Crippen molar-refractivity contribution < 1.29 is 9.18 Å². The summed E-state index contributed by atoms with van der Waals surface area (Å²) in [7, 11) is 1.89. The van der Waals surface area contributed by atoms with Crippen LogP contribution in [0.2, 0.25) is 0 Å². The second-order valence-electron chi connectivity index (χ2n) is 9.60. The molecule has 10 heteroatoms. The summed E-state index contributed by atoms with van der Waals surface area (Å²) in [5.74, 6) is 2.67. The maximum Gasteiger partial charge on any atom is 0.260 e. The van der Waals surface area contributed by atoms with Gasteiger partial charge in [0.05, 0.1) is 23.8 Å². The van der Waals surface area contributed by atoms with Crippen LogP contribution in [0.1, 0.15) is 59.7 Å². The highest BCUT2D eigenvalue weighted by Gasteiger charge is 2.35. The first-order chi connectivity index (χ1) is 17.1. The minimum absolute atomic E-state index is 0.0781. The van der Waals surface area contributed by atoms with E-state index < -0.39 is 6.67 Å². The summed E-state index contributed by atoms with van der Waals surface area (Å²) in [6, 6.07) is 7.61. The van der Waals surface area contributed by atoms with Crippen LogP contribution in [0.4, 0.5) is 16.0 Å². The highest BCUT2D eigenvalue weighted by Crippen LogP contribution is 2.35. The third kappa shape index (κ3) is 3.58. The molecular formula is C25H29FN8O. The lowest BCUT2D eigenvalue weighted by molar-refractivity contribution is 0.0996. The van der Waals surface area contributed by atoms with Crippen molar-refractivity contribution in [2.24, 2.45) is 0 Å². The van der Waals surface area contributed by atoms with Crippen LogP contribution in [-0.2, 0) is 19.5 Å². The normalized spacial score (nSPS) is 21.2. The van der Waals surface area contributed by atoms with Gasteiger partial charge in [-0.3, -0.25) is 9.69 Å². The Morgan fingerprint density at radius 3 is 2.83 bits per heavy atom. The average Bonchev–Trinajstić information content (AvgIpc) is 3.64. The van der Waals surface area contributed by atoms with Crippen molar-refractivity contribution in [3.8, 4) is 11.5 Å². The molecule has 9 nitrogen and oxygen atoms in total. The first-order valence-electron chi connectivity index (χ1n) is 12.3. The Kier molecular flexibility index (Phi) is 5.47. The SMILES string of the molecule is CNCc1nc(N2CCC[C@H]2C)cc2c1CN(c1cccc(-c3nnc4n3[C@@H](CF)CC4)n1)C2=O. The summed E-state index contributed by atoms with van der Waals surface area (Å²) in [5.41, 5.74) is 3.11. The predicted molar refractivity (Wildman–Crippen MR) is 130 cm³/mol. The first-order valence-corrected chi connectivity index (χ1v) is 12.3. The van der Waals surface area contributed by atoms with Gasteiger partial charge in [0.1, 0.15) is 29.8 Å². The number of amides is 1. The fourth-order valence-corrected chi connectivity index (χ4v) is 5.59. The van der Waals surface area contributed by atoms with Crippen LogP contribution in [0.3, 0.4) is 0 Å². The van der Waals surface area contributed by atoms with Crippen molar-refractivity contribution in [2.45, 2.75) is 57.8 Å². The zero-order valence-corrected chi connectivity index (χ0v) is 20.0. The molecule has 3 aliphatic rings. The zero-order chi connectivity index (χ0) is 24.1. The van der Waals surface area contributed by atoms with Gasteiger partial charge in [-0.15, -0.1) is 10.2 Å². The van der Waals surface area contributed by atoms with Crippen LogP contribution in [0.15, 0.2) is 24.3 Å². The molecule has 1 N–H and O–H groups in total. The number of nitrogens with zero attached hydrogens (tertiary/aromatic N) is 7. The van der Waals surface area contributed by atoms with Crippen LogP contribution in [0, 0.1) is 0 Å². The number of carbonyl (C=O) groups is 1. The molecule has 3 aromatic heterocycles. The van der Waals surface area contributed by atoms with E-state index in [9.17, 15) is 9.18 Å². The van der Waals surface area contributed by atoms with Gasteiger partial charge in [0.15, 0.2) is 5.82 Å². The van der Waals surface area contributed by atoms with Gasteiger partial charge in [-0.1, -0.05) is 6.07 Å². The van der Waals surface area contributed by atoms with Crippen molar-refractivity contribution in [1.82, 2.24) is 30.0 Å². The average molecular weight is 477 g/mol. The third-order valence-electron chi connectivity index (χ3n) is 7.43. The minimum Gasteiger partial charge on any atom is -0.354 e. The Morgan fingerprint density at radius 2 is 2.06 bits per heavy atom. The van der Waals surface area contributed by atoms with Gasteiger partial charge < -0.3 is 14.8 Å². The summed E-state index contributed by atoms with van der Waals surface area (Å²) in [5, 5.41) is 11.7. The maximum absolute atomic E-state index is 13.6. The number of hydrogen-bond acceptors (Lipinski definition) is 7. The van der Waals surface area contributed by atoms with E-state index in [-0.39, 0.29) is 11.9 Å². The standard InChI is InChI=1S/C25H29FN8O/c1-15-5-4-10-32(15)23-11-17-18(20(29-23)13-27-2)14-33(25(17)35)21-7-3-6-19(28-21)24-31-30-22-9-8-16(12-26)34(22)24/h3,6-7,11,15-16,27H,4-5,8-10,12-14H2,1-2H3/t15-,16-/m1/s1. The summed E-state index contributed by atoms with van der Waals surface area (Å²) < 4.78 is 15.4. The number of nitrogens with one attached hydrogen (secondary N) is 1. The van der Waals surface area contributed by atoms with Crippen molar-refractivity contribution in [3.05, 3.63) is 46.9 Å². The van der Waals surface area contributed by atoms with Gasteiger partial charge in [0, 0.05) is 31.1 Å². The molecule has 0 aromatic carbocycles. The molecule has 3 aliphatic heterocycles. The van der Waals surface area contributed by atoms with Crippen LogP contribution in [0.5, 0.6) is 0 Å². The largest absolute Gasteiger partial charge is 0.354 e. The number of pyridine rings is 2. The molecular weight excluding hydrogens is 447 g/mol. The highest BCUT2D eigenvalue weighted by atomic mass is 19.1. The Balaban J connectivity index is 1.36. The lowest BCUT2D eigenvalue weighted by atomic mass is 10.1. The number of anilines is 2. The quantitative estimate of drug-likeness (QED) is 0.585. The molecule has 1 amide bonds. The van der Waals surface area contributed by atoms with Crippen LogP contribution in [0.25, 0.3) is 11.5 Å². The van der Waals surface area contributed by atoms with Gasteiger partial charge in [-0.05, 0) is 51.4 Å². The summed E-state index contributed by atoms with van der Waals surface area (Å²) >= 11 is 0. The number of fused-ring (bicyclic) bond motifs is 2. The monoisotopic (exact) mass is 476 g/mol. The maximum atomic E-state index is 13.6. The molecule has 0 aliphatic carbocycles. The fraction of sp³-hybridized carbons (Fsp3) is 0.480. The molecule has 1 fully saturated rings. The number of alkyl halides is 1. The van der Waals surface area contributed by atoms with E-state index in [4.69, 9.17) is 9.97 Å². The topological polar surface area (TPSA) is 92.1 Å². The Labute approximate surface area is 203 Å². The van der Waals surface area contributed by atoms with E-state index >= 15 is 0 Å². The molecule has 6 rings (SSSR count). The number of carbonyl (C=O) groups excluding carboxylic acids is 1. The van der Waals surface area contributed by atoms with Gasteiger partial charge in [-0.2, -0.15) is 0 Å². The van der Waals surface area contributed by atoms with Crippen LogP contribution < -0.4 is 15.1 Å². The molecule has 1 saturated heterocycles. The number of aromatic nitrogens is 5. The molecule has 0 bridgehead atoms. The van der Waals surface area contributed by atoms with E-state index in [1.54, 1.807) is 4.90 Å². The fourth-order valence-electron chi connectivity index (χ4n) is 5.59. The lowest BCUT2D eigenvalue weighted by Gasteiger charge is -2.24. The lowest BCUT2D eigenvalue weighted by Crippen LogP contribution is -2.28. The van der Waals surface area contributed by atoms with E-state index in [0.717, 1.165) is 42.3 Å². The molecule has 3 aromatic rings. The molecule has 0 saturated carbocycles. The molecule has 6 heterocycles. The zero-order valence-electron chi connectivity index (χ0n) is 20.0. The summed E-state index contributed by atoms with van der Waals surface area (Å²) in [6.07, 6.45) is 3.69. The Morgan fingerprint density at radius 1 is 1.17 bits per heavy atom. The van der Waals surface area contributed by atoms with Crippen LogP contribution in [-0.4, -0.2) is 56.9 Å². The van der Waals surface area contributed by atoms with E-state index in [0.29, 0.717) is 54.9 Å². The van der Waals surface area contributed by atoms with Crippen molar-refractivity contribution >= 4 is 17.5 Å². The third-order valence-corrected chi connectivity index (χ3v) is 7.43. The highest BCUT2D eigenvalue weighted by molar-refractivity contribution is 6.10. The molecule has 0 spiro atoms. The smallest absolute Gasteiger partial charge is 0.260 e. The first kappa shape index (κ1) is 22.1. The number of aryl methyl sites for hydroxylation is 1. The molecule has 35 heavy (non-hydrogen) atoms. The van der Waals surface area contributed by atoms with Gasteiger partial charge in [0.2, 0.25) is 0 Å². The minimum atomic E-state index is -0.461.